The fraction of sp³-hybridized carbons (Fsp3) is 0.786. The molecule has 2 unspecified atom stereocenters. The van der Waals surface area contributed by atoms with E-state index in [2.05, 4.69) is 20.8 Å². The van der Waals surface area contributed by atoms with Gasteiger partial charge < -0.3 is 0 Å². The largest absolute Gasteiger partial charge is 0.295 e. The molecule has 0 heterocycles. The van der Waals surface area contributed by atoms with Crippen molar-refractivity contribution in [3.05, 3.63) is 12.2 Å². The Hall–Kier alpha value is -0.590. The van der Waals surface area contributed by atoms with Crippen molar-refractivity contribution >= 4 is 5.78 Å². The first-order valence-electron chi connectivity index (χ1n) is 6.23. The topological polar surface area (TPSA) is 17.1 Å². The first-order valence-corrected chi connectivity index (χ1v) is 6.23. The summed E-state index contributed by atoms with van der Waals surface area (Å²) >= 11 is 0. The number of hydrogen-bond acceptors (Lipinski definition) is 1. The highest BCUT2D eigenvalue weighted by Crippen LogP contribution is 2.17. The van der Waals surface area contributed by atoms with Crippen molar-refractivity contribution < 1.29 is 4.79 Å². The van der Waals surface area contributed by atoms with Crippen LogP contribution < -0.4 is 0 Å². The van der Waals surface area contributed by atoms with Crippen molar-refractivity contribution in [2.45, 2.75) is 59.8 Å². The van der Waals surface area contributed by atoms with Crippen molar-refractivity contribution in [3.8, 4) is 0 Å². The zero-order valence-electron chi connectivity index (χ0n) is 10.8. The Kier molecular flexibility index (Phi) is 8.35. The summed E-state index contributed by atoms with van der Waals surface area (Å²) in [5, 5.41) is 0. The summed E-state index contributed by atoms with van der Waals surface area (Å²) in [5.41, 5.74) is 0. The third-order valence-electron chi connectivity index (χ3n) is 2.98. The third-order valence-corrected chi connectivity index (χ3v) is 2.98. The molecule has 15 heavy (non-hydrogen) atoms. The van der Waals surface area contributed by atoms with Crippen LogP contribution in [0.2, 0.25) is 0 Å². The molecule has 0 bridgehead atoms. The molecule has 0 aromatic heterocycles. The van der Waals surface area contributed by atoms with Gasteiger partial charge in [0, 0.05) is 0 Å². The number of rotatable bonds is 8. The maximum Gasteiger partial charge on any atom is 0.152 e. The molecule has 0 fully saturated rings. The van der Waals surface area contributed by atoms with Crippen LogP contribution in [-0.2, 0) is 4.79 Å². The van der Waals surface area contributed by atoms with Gasteiger partial charge in [-0.15, -0.1) is 0 Å². The minimum absolute atomic E-state index is 0.154. The highest BCUT2D eigenvalue weighted by atomic mass is 16.1. The van der Waals surface area contributed by atoms with Gasteiger partial charge in [0.05, 0.1) is 0 Å². The molecule has 0 aliphatic heterocycles. The molecule has 0 aromatic carbocycles. The molecule has 0 aliphatic carbocycles. The zero-order valence-corrected chi connectivity index (χ0v) is 10.8. The van der Waals surface area contributed by atoms with E-state index in [9.17, 15) is 4.79 Å². The maximum absolute atomic E-state index is 10.7. The summed E-state index contributed by atoms with van der Waals surface area (Å²) in [6.07, 6.45) is 9.98. The van der Waals surface area contributed by atoms with E-state index in [1.807, 2.05) is 6.08 Å². The lowest BCUT2D eigenvalue weighted by molar-refractivity contribution is -0.112. The van der Waals surface area contributed by atoms with Gasteiger partial charge in [-0.1, -0.05) is 52.5 Å². The van der Waals surface area contributed by atoms with Gasteiger partial charge in [0.2, 0.25) is 0 Å². The van der Waals surface area contributed by atoms with Gasteiger partial charge in [0.25, 0.3) is 0 Å². The molecule has 88 valence electrons. The average Bonchev–Trinajstić information content (AvgIpc) is 2.17. The van der Waals surface area contributed by atoms with Crippen LogP contribution in [0.1, 0.15) is 59.8 Å². The minimum Gasteiger partial charge on any atom is -0.295 e. The van der Waals surface area contributed by atoms with E-state index in [0.29, 0.717) is 5.92 Å². The molecule has 0 aromatic rings. The lowest BCUT2D eigenvalue weighted by atomic mass is 9.95. The van der Waals surface area contributed by atoms with Gasteiger partial charge in [-0.05, 0) is 31.3 Å². The molecular formula is C14H26O. The van der Waals surface area contributed by atoms with Crippen molar-refractivity contribution in [1.29, 1.82) is 0 Å². The molecule has 0 spiro atoms. The quantitative estimate of drug-likeness (QED) is 0.543. The third kappa shape index (κ3) is 9.71. The van der Waals surface area contributed by atoms with Crippen LogP contribution in [-0.4, -0.2) is 5.78 Å². The molecule has 0 aliphatic rings. The summed E-state index contributed by atoms with van der Waals surface area (Å²) in [6.45, 7) is 8.44. The van der Waals surface area contributed by atoms with Gasteiger partial charge in [-0.3, -0.25) is 4.79 Å². The van der Waals surface area contributed by atoms with E-state index in [0.717, 1.165) is 12.3 Å². The van der Waals surface area contributed by atoms with Crippen LogP contribution in [0.3, 0.4) is 0 Å². The SMILES string of the molecule is CCC(C)CCCC(C)CC=CC(C)=O. The Labute approximate surface area is 95.0 Å². The number of carbonyl (C=O) groups is 1. The average molecular weight is 210 g/mol. The van der Waals surface area contributed by atoms with E-state index in [1.54, 1.807) is 13.0 Å². The van der Waals surface area contributed by atoms with Crippen molar-refractivity contribution in [3.63, 3.8) is 0 Å². The van der Waals surface area contributed by atoms with E-state index in [4.69, 9.17) is 0 Å². The lowest BCUT2D eigenvalue weighted by Crippen LogP contribution is -1.97. The molecule has 0 saturated heterocycles. The van der Waals surface area contributed by atoms with Crippen LogP contribution in [0, 0.1) is 11.8 Å². The van der Waals surface area contributed by atoms with E-state index in [1.165, 1.54) is 25.7 Å². The normalized spacial score (nSPS) is 15.5. The molecule has 0 rings (SSSR count). The summed E-state index contributed by atoms with van der Waals surface area (Å²) in [5.74, 6) is 1.73. The van der Waals surface area contributed by atoms with Crippen LogP contribution in [0.15, 0.2) is 12.2 Å². The molecule has 0 radical (unpaired) electrons. The van der Waals surface area contributed by atoms with Crippen molar-refractivity contribution in [1.82, 2.24) is 0 Å². The summed E-state index contributed by atoms with van der Waals surface area (Å²) in [7, 11) is 0. The number of allylic oxidation sites excluding steroid dienone is 2. The van der Waals surface area contributed by atoms with Crippen LogP contribution in [0.5, 0.6) is 0 Å². The van der Waals surface area contributed by atoms with Crippen LogP contribution >= 0.6 is 0 Å². The molecular weight excluding hydrogens is 184 g/mol. The van der Waals surface area contributed by atoms with Crippen LogP contribution in [0.25, 0.3) is 0 Å². The second-order valence-corrected chi connectivity index (χ2v) is 4.80. The van der Waals surface area contributed by atoms with Gasteiger partial charge in [-0.2, -0.15) is 0 Å². The van der Waals surface area contributed by atoms with Gasteiger partial charge >= 0.3 is 0 Å². The summed E-state index contributed by atoms with van der Waals surface area (Å²) in [6, 6.07) is 0. The predicted molar refractivity (Wildman–Crippen MR) is 66.9 cm³/mol. The Bertz CT molecular complexity index is 194. The maximum atomic E-state index is 10.7. The molecule has 0 N–H and O–H groups in total. The fourth-order valence-corrected chi connectivity index (χ4v) is 1.60. The smallest absolute Gasteiger partial charge is 0.152 e. The van der Waals surface area contributed by atoms with E-state index >= 15 is 0 Å². The first-order chi connectivity index (χ1) is 7.06. The zero-order chi connectivity index (χ0) is 11.7. The highest BCUT2D eigenvalue weighted by molar-refractivity contribution is 5.87. The Morgan fingerprint density at radius 1 is 1.20 bits per heavy atom. The monoisotopic (exact) mass is 210 g/mol. The summed E-state index contributed by atoms with van der Waals surface area (Å²) in [4.78, 5) is 10.7. The number of carbonyl (C=O) groups excluding carboxylic acids is 1. The van der Waals surface area contributed by atoms with Gasteiger partial charge in [-0.25, -0.2) is 0 Å². The molecule has 2 atom stereocenters. The van der Waals surface area contributed by atoms with Crippen molar-refractivity contribution in [2.24, 2.45) is 11.8 Å². The second kappa shape index (κ2) is 8.70. The van der Waals surface area contributed by atoms with Gasteiger partial charge in [0.15, 0.2) is 5.78 Å². The first kappa shape index (κ1) is 14.4. The van der Waals surface area contributed by atoms with E-state index < -0.39 is 0 Å². The Morgan fingerprint density at radius 2 is 1.80 bits per heavy atom. The lowest BCUT2D eigenvalue weighted by Gasteiger charge is -2.11. The van der Waals surface area contributed by atoms with Gasteiger partial charge in [0.1, 0.15) is 0 Å². The van der Waals surface area contributed by atoms with Crippen molar-refractivity contribution in [2.75, 3.05) is 0 Å². The minimum atomic E-state index is 0.154. The Balaban J connectivity index is 3.49. The summed E-state index contributed by atoms with van der Waals surface area (Å²) < 4.78 is 0. The molecule has 1 heteroatoms. The molecule has 0 saturated carbocycles. The standard InChI is InChI=1S/C14H26O/c1-5-12(2)8-6-9-13(3)10-7-11-14(4)15/h7,11-13H,5-6,8-10H2,1-4H3. The second-order valence-electron chi connectivity index (χ2n) is 4.80. The fourth-order valence-electron chi connectivity index (χ4n) is 1.60. The van der Waals surface area contributed by atoms with E-state index in [-0.39, 0.29) is 5.78 Å². The number of ketones is 1. The molecule has 0 amide bonds. The predicted octanol–water partition coefficient (Wildman–Crippen LogP) is 4.37. The number of hydrogen-bond donors (Lipinski definition) is 0. The molecule has 1 nitrogen and oxygen atoms in total. The van der Waals surface area contributed by atoms with Crippen LogP contribution in [0.4, 0.5) is 0 Å². The highest BCUT2D eigenvalue weighted by Gasteiger charge is 2.02. The Morgan fingerprint density at radius 3 is 2.33 bits per heavy atom.